The van der Waals surface area contributed by atoms with E-state index in [1.54, 1.807) is 24.3 Å². The second kappa shape index (κ2) is 8.71. The first kappa shape index (κ1) is 20.8. The number of nitrogens with zero attached hydrogens (tertiary/aromatic N) is 4. The molecule has 1 aromatic heterocycles. The number of tetrazole rings is 1. The first-order valence-corrected chi connectivity index (χ1v) is 11.0. The van der Waals surface area contributed by atoms with Crippen molar-refractivity contribution in [1.82, 2.24) is 20.6 Å². The summed E-state index contributed by atoms with van der Waals surface area (Å²) in [5.41, 5.74) is 0.878. The molecule has 1 aliphatic rings. The highest BCUT2D eigenvalue weighted by molar-refractivity contribution is 9.09. The minimum atomic E-state index is -0.439. The zero-order valence-electron chi connectivity index (χ0n) is 15.7. The molecule has 1 aliphatic carbocycles. The van der Waals surface area contributed by atoms with Crippen LogP contribution in [0.25, 0.3) is 5.57 Å². The summed E-state index contributed by atoms with van der Waals surface area (Å²) in [6.45, 7) is 0. The number of nitriles is 1. The number of ketones is 2. The summed E-state index contributed by atoms with van der Waals surface area (Å²) in [4.78, 5) is 27.0. The van der Waals surface area contributed by atoms with Crippen molar-refractivity contribution in [2.24, 2.45) is 0 Å². The molecule has 0 atom stereocenters. The van der Waals surface area contributed by atoms with Crippen LogP contribution in [0.2, 0.25) is 0 Å². The number of H-pyrrole nitrogens is 1. The predicted molar refractivity (Wildman–Crippen MR) is 117 cm³/mol. The Morgan fingerprint density at radius 1 is 1.26 bits per heavy atom. The number of thioether (sulfide) groups is 1. The van der Waals surface area contributed by atoms with Gasteiger partial charge in [0.05, 0.1) is 16.8 Å². The van der Waals surface area contributed by atoms with Gasteiger partial charge in [-0.3, -0.25) is 9.59 Å². The molecule has 0 saturated carbocycles. The number of aromatic nitrogens is 4. The Morgan fingerprint density at radius 2 is 1.97 bits per heavy atom. The molecule has 0 saturated heterocycles. The maximum absolute atomic E-state index is 13.3. The van der Waals surface area contributed by atoms with Crippen LogP contribution in [-0.4, -0.2) is 48.4 Å². The lowest BCUT2D eigenvalue weighted by Crippen LogP contribution is -2.22. The summed E-state index contributed by atoms with van der Waals surface area (Å²) >= 11 is 4.74. The average molecular weight is 497 g/mol. The first-order valence-electron chi connectivity index (χ1n) is 8.94. The van der Waals surface area contributed by atoms with E-state index in [2.05, 4.69) is 41.9 Å². The molecule has 9 nitrogen and oxygen atoms in total. The Labute approximate surface area is 188 Å². The number of hydrogen-bond donors (Lipinski definition) is 3. The number of allylic oxidation sites excluding steroid dienone is 1. The van der Waals surface area contributed by atoms with E-state index in [4.69, 9.17) is 0 Å². The molecular formula is C20H13BrN6O3S. The molecule has 0 spiro atoms. The second-order valence-corrected chi connectivity index (χ2v) is 8.24. The lowest BCUT2D eigenvalue weighted by molar-refractivity contribution is 0.0977. The number of anilines is 1. The highest BCUT2D eigenvalue weighted by Gasteiger charge is 2.35. The van der Waals surface area contributed by atoms with Crippen molar-refractivity contribution in [3.05, 3.63) is 64.6 Å². The molecule has 0 radical (unpaired) electrons. The maximum Gasteiger partial charge on any atom is 0.216 e. The second-order valence-electron chi connectivity index (χ2n) is 6.31. The molecule has 0 bridgehead atoms. The van der Waals surface area contributed by atoms with Gasteiger partial charge in [0, 0.05) is 33.3 Å². The van der Waals surface area contributed by atoms with Gasteiger partial charge in [-0.1, -0.05) is 40.2 Å². The van der Waals surface area contributed by atoms with Crippen molar-refractivity contribution in [2.45, 2.75) is 4.90 Å². The zero-order chi connectivity index (χ0) is 22.0. The topological polar surface area (TPSA) is 145 Å². The van der Waals surface area contributed by atoms with Crippen LogP contribution in [0.5, 0.6) is 5.75 Å². The standard InChI is InChI=1S/C20H13BrN6O3S/c21-5-6-31-14-7-13(28)15-16(19(30)12-4-2-1-3-11(12)18(15)29)17(14)23-9-10(8-22)20-24-26-27-25-20/h1-4,7,9,23,28H,5-6H2,(H,24,25,26,27). The number of rotatable bonds is 6. The molecule has 3 N–H and O–H groups in total. The van der Waals surface area contributed by atoms with Gasteiger partial charge in [-0.15, -0.1) is 22.0 Å². The van der Waals surface area contributed by atoms with Gasteiger partial charge in [0.25, 0.3) is 0 Å². The number of halogens is 1. The summed E-state index contributed by atoms with van der Waals surface area (Å²) in [6.07, 6.45) is 1.34. The molecule has 154 valence electrons. The van der Waals surface area contributed by atoms with Crippen LogP contribution in [-0.2, 0) is 0 Å². The van der Waals surface area contributed by atoms with Gasteiger partial charge in [0.1, 0.15) is 17.4 Å². The number of fused-ring (bicyclic) bond motifs is 2. The molecule has 4 rings (SSSR count). The van der Waals surface area contributed by atoms with Crippen LogP contribution in [0.4, 0.5) is 5.69 Å². The smallest absolute Gasteiger partial charge is 0.216 e. The lowest BCUT2D eigenvalue weighted by Gasteiger charge is -2.23. The van der Waals surface area contributed by atoms with Gasteiger partial charge in [-0.05, 0) is 11.3 Å². The fraction of sp³-hybridized carbons (Fsp3) is 0.100. The van der Waals surface area contributed by atoms with Crippen LogP contribution in [0.3, 0.4) is 0 Å². The molecule has 0 amide bonds. The third-order valence-corrected chi connectivity index (χ3v) is 6.51. The van der Waals surface area contributed by atoms with Crippen molar-refractivity contribution in [2.75, 3.05) is 16.4 Å². The number of phenolic OH excluding ortho intramolecular Hbond substituents is 1. The van der Waals surface area contributed by atoms with Crippen LogP contribution >= 0.6 is 27.7 Å². The summed E-state index contributed by atoms with van der Waals surface area (Å²) in [5, 5.41) is 37.0. The number of aromatic amines is 1. The van der Waals surface area contributed by atoms with Crippen molar-refractivity contribution in [1.29, 1.82) is 5.26 Å². The van der Waals surface area contributed by atoms with Crippen molar-refractivity contribution in [3.8, 4) is 11.8 Å². The fourth-order valence-corrected chi connectivity index (χ4v) is 4.51. The van der Waals surface area contributed by atoms with Crippen molar-refractivity contribution >= 4 is 50.5 Å². The quantitative estimate of drug-likeness (QED) is 0.158. The maximum atomic E-state index is 13.3. The number of hydrogen-bond acceptors (Lipinski definition) is 9. The minimum Gasteiger partial charge on any atom is -0.507 e. The van der Waals surface area contributed by atoms with E-state index in [-0.39, 0.29) is 39.4 Å². The molecular weight excluding hydrogens is 484 g/mol. The molecule has 11 heteroatoms. The average Bonchev–Trinajstić information content (AvgIpc) is 3.31. The van der Waals surface area contributed by atoms with Crippen LogP contribution < -0.4 is 5.32 Å². The van der Waals surface area contributed by atoms with Gasteiger partial charge < -0.3 is 10.4 Å². The zero-order valence-corrected chi connectivity index (χ0v) is 18.1. The summed E-state index contributed by atoms with van der Waals surface area (Å²) in [5.74, 6) is -0.384. The largest absolute Gasteiger partial charge is 0.507 e. The summed E-state index contributed by atoms with van der Waals surface area (Å²) in [6, 6.07) is 9.88. The number of carbonyl (C=O) groups excluding carboxylic acids is 2. The predicted octanol–water partition coefficient (Wildman–Crippen LogP) is 3.14. The molecule has 0 aliphatic heterocycles. The Balaban J connectivity index is 1.90. The number of benzene rings is 2. The van der Waals surface area contributed by atoms with E-state index < -0.39 is 11.6 Å². The fourth-order valence-electron chi connectivity index (χ4n) is 3.22. The Bertz CT molecular complexity index is 1270. The van der Waals surface area contributed by atoms with Crippen LogP contribution in [0.15, 0.2) is 41.4 Å². The summed E-state index contributed by atoms with van der Waals surface area (Å²) < 4.78 is 0. The van der Waals surface area contributed by atoms with Gasteiger partial charge in [0.15, 0.2) is 11.6 Å². The Hall–Kier alpha value is -3.49. The first-order chi connectivity index (χ1) is 15.1. The van der Waals surface area contributed by atoms with Crippen LogP contribution in [0.1, 0.15) is 37.7 Å². The summed E-state index contributed by atoms with van der Waals surface area (Å²) in [7, 11) is 0. The van der Waals surface area contributed by atoms with Gasteiger partial charge in [0.2, 0.25) is 5.82 Å². The Morgan fingerprint density at radius 3 is 2.58 bits per heavy atom. The number of phenols is 1. The van der Waals surface area contributed by atoms with Gasteiger partial charge >= 0.3 is 0 Å². The van der Waals surface area contributed by atoms with E-state index in [1.165, 1.54) is 24.0 Å². The Kier molecular flexibility index (Phi) is 5.83. The highest BCUT2D eigenvalue weighted by atomic mass is 79.9. The molecule has 31 heavy (non-hydrogen) atoms. The molecule has 0 fully saturated rings. The molecule has 3 aromatic rings. The number of nitrogens with one attached hydrogen (secondary N) is 2. The van der Waals surface area contributed by atoms with Gasteiger partial charge in [-0.2, -0.15) is 10.5 Å². The molecule has 2 aromatic carbocycles. The van der Waals surface area contributed by atoms with Gasteiger partial charge in [-0.25, -0.2) is 0 Å². The normalized spacial score (nSPS) is 12.8. The van der Waals surface area contributed by atoms with Crippen LogP contribution in [0, 0.1) is 11.3 Å². The van der Waals surface area contributed by atoms with Crippen molar-refractivity contribution < 1.29 is 14.7 Å². The number of carbonyl (C=O) groups is 2. The van der Waals surface area contributed by atoms with Crippen molar-refractivity contribution in [3.63, 3.8) is 0 Å². The minimum absolute atomic E-state index is 0.0578. The van der Waals surface area contributed by atoms with E-state index in [9.17, 15) is 20.0 Å². The third-order valence-electron chi connectivity index (χ3n) is 4.54. The lowest BCUT2D eigenvalue weighted by atomic mass is 9.82. The van der Waals surface area contributed by atoms with E-state index in [0.717, 1.165) is 0 Å². The van der Waals surface area contributed by atoms with E-state index in [0.29, 0.717) is 21.7 Å². The SMILES string of the molecule is N#CC(=CNc1c(SCCBr)cc(O)c2c1C(=O)c1ccccc1C2=O)c1nn[nH]n1. The molecule has 0 unspecified atom stereocenters. The third kappa shape index (κ3) is 3.71. The van der Waals surface area contributed by atoms with E-state index >= 15 is 0 Å². The number of aromatic hydroxyl groups is 1. The monoisotopic (exact) mass is 496 g/mol. The number of alkyl halides is 1. The van der Waals surface area contributed by atoms with E-state index in [1.807, 2.05) is 6.07 Å². The highest BCUT2D eigenvalue weighted by Crippen LogP contribution is 2.43. The molecule has 1 heterocycles.